The van der Waals surface area contributed by atoms with Gasteiger partial charge in [0.2, 0.25) is 14.9 Å². The van der Waals surface area contributed by atoms with Gasteiger partial charge >= 0.3 is 11.9 Å². The molecule has 5 amide bonds. The fourth-order valence-electron chi connectivity index (χ4n) is 9.26. The van der Waals surface area contributed by atoms with Gasteiger partial charge in [-0.1, -0.05) is 64.6 Å². The first-order valence-corrected chi connectivity index (χ1v) is 27.9. The van der Waals surface area contributed by atoms with Crippen LogP contribution in [0.3, 0.4) is 0 Å². The average Bonchev–Trinajstić information content (AvgIpc) is 4.39. The minimum atomic E-state index is -3.62. The SMILES string of the molecule is CS(=O)(=O)c1ccc(C[C@H](NC(=O)c2c(Cl)cc3c(c2Cl)CCN(C(=O)c2ccc4ccoc4c2)C3)C(=O)O)o1.O=C(NC[C@H](NC(=O)c1c(Cl)cc2c(c1Cl)CCN(C(=O)c1ccc3ccoc3c1)C2)C(=O)O)c1cccc(F)c1. The van der Waals surface area contributed by atoms with Crippen molar-refractivity contribution < 1.29 is 69.8 Å². The van der Waals surface area contributed by atoms with Crippen LogP contribution in [0.15, 0.2) is 128 Å². The maximum Gasteiger partial charge on any atom is 0.328 e. The number of sulfone groups is 1. The molecule has 25 heteroatoms. The van der Waals surface area contributed by atoms with Crippen molar-refractivity contribution in [3.8, 4) is 0 Å². The van der Waals surface area contributed by atoms with E-state index in [0.29, 0.717) is 70.5 Å². The summed E-state index contributed by atoms with van der Waals surface area (Å²) in [5.74, 6) is -6.11. The first kappa shape index (κ1) is 57.5. The number of furan rings is 3. The highest BCUT2D eigenvalue weighted by Crippen LogP contribution is 2.37. The largest absolute Gasteiger partial charge is 0.480 e. The Morgan fingerprint density at radius 2 is 1.14 bits per heavy atom. The molecule has 5 N–H and O–H groups in total. The summed E-state index contributed by atoms with van der Waals surface area (Å²) < 4.78 is 52.7. The molecular weight excluding hydrogens is 1160 g/mol. The molecule has 3 aromatic heterocycles. The van der Waals surface area contributed by atoms with E-state index in [1.807, 2.05) is 12.1 Å². The molecule has 2 aliphatic rings. The lowest BCUT2D eigenvalue weighted by atomic mass is 9.95. The molecule has 2 atom stereocenters. The molecule has 0 aliphatic carbocycles. The summed E-state index contributed by atoms with van der Waals surface area (Å²) in [6.45, 7) is 0.606. The number of hydrogen-bond donors (Lipinski definition) is 5. The second-order valence-electron chi connectivity index (χ2n) is 18.8. The van der Waals surface area contributed by atoms with Crippen molar-refractivity contribution in [2.24, 2.45) is 0 Å². The number of aliphatic carboxylic acids is 2. The summed E-state index contributed by atoms with van der Waals surface area (Å²) >= 11 is 26.1. The van der Waals surface area contributed by atoms with Gasteiger partial charge in [-0.3, -0.25) is 24.0 Å². The Bertz CT molecular complexity index is 3990. The Kier molecular flexibility index (Phi) is 16.9. The predicted octanol–water partition coefficient (Wildman–Crippen LogP) is 9.05. The maximum absolute atomic E-state index is 13.4. The van der Waals surface area contributed by atoms with Crippen LogP contribution in [0.1, 0.15) is 79.8 Å². The molecule has 0 radical (unpaired) electrons. The standard InChI is InChI=1S/C29H22Cl2FN3O6.C27H22Cl2N2O8S/c30-21-11-18-14-35(28(38)17-5-4-15-7-9-41-23(15)12-17)8-6-20(18)25(31)24(21)27(37)34-22(29(39)40)13-33-26(36)16-2-1-3-19(32)10-16;1-40(36,37)22-5-4-17(39-22)12-20(27(34)35)30-25(32)23-19(28)10-16-13-31(8-6-18(16)24(23)29)26(33)15-3-2-14-7-9-38-21(14)11-15/h1-5,7,9-12,22H,6,8,13-14H2,(H,33,36)(H,34,37)(H,39,40);2-5,7,9-11,20H,6,8,12-13H2,1H3,(H,30,32)(H,34,35)/t22-;20-/m00/s1. The van der Waals surface area contributed by atoms with E-state index < -0.39 is 63.9 Å². The zero-order valence-corrected chi connectivity index (χ0v) is 46.0. The smallest absolute Gasteiger partial charge is 0.328 e. The van der Waals surface area contributed by atoms with Crippen molar-refractivity contribution in [2.45, 2.75) is 49.5 Å². The third-order valence-corrected chi connectivity index (χ3v) is 15.8. The number of carboxylic acid groups (broad SMARTS) is 2. The van der Waals surface area contributed by atoms with E-state index in [2.05, 4.69) is 16.0 Å². The van der Waals surface area contributed by atoms with Crippen LogP contribution >= 0.6 is 46.4 Å². The van der Waals surface area contributed by atoms with E-state index >= 15 is 0 Å². The van der Waals surface area contributed by atoms with Crippen molar-refractivity contribution in [1.29, 1.82) is 0 Å². The number of hydrogen-bond acceptors (Lipinski definition) is 12. The second-order valence-corrected chi connectivity index (χ2v) is 22.3. The van der Waals surface area contributed by atoms with Crippen LogP contribution in [0, 0.1) is 5.82 Å². The monoisotopic (exact) mass is 1200 g/mol. The lowest BCUT2D eigenvalue weighted by Gasteiger charge is -2.30. The van der Waals surface area contributed by atoms with Crippen molar-refractivity contribution >= 4 is 120 Å². The van der Waals surface area contributed by atoms with Crippen LogP contribution < -0.4 is 16.0 Å². The van der Waals surface area contributed by atoms with Crippen LogP contribution in [0.4, 0.5) is 4.39 Å². The lowest BCUT2D eigenvalue weighted by Crippen LogP contribution is -2.48. The van der Waals surface area contributed by atoms with Gasteiger partial charge in [0, 0.05) is 72.9 Å². The molecule has 8 aromatic rings. The molecule has 0 bridgehead atoms. The zero-order chi connectivity index (χ0) is 58.0. The lowest BCUT2D eigenvalue weighted by molar-refractivity contribution is -0.140. The molecule has 5 heterocycles. The zero-order valence-electron chi connectivity index (χ0n) is 42.2. The number of fused-ring (bicyclic) bond motifs is 4. The highest BCUT2D eigenvalue weighted by Gasteiger charge is 2.33. The van der Waals surface area contributed by atoms with Gasteiger partial charge in [0.05, 0.1) is 43.7 Å². The Labute approximate surface area is 479 Å². The number of nitrogens with one attached hydrogen (secondary N) is 3. The van der Waals surface area contributed by atoms with Crippen molar-refractivity contribution in [3.05, 3.63) is 191 Å². The number of carboxylic acids is 2. The van der Waals surface area contributed by atoms with Gasteiger partial charge in [0.1, 0.15) is 34.8 Å². The molecule has 418 valence electrons. The number of carbonyl (C=O) groups excluding carboxylic acids is 5. The summed E-state index contributed by atoms with van der Waals surface area (Å²) in [5.41, 5.74) is 4.52. The van der Waals surface area contributed by atoms with Gasteiger partial charge < -0.3 is 49.2 Å². The minimum Gasteiger partial charge on any atom is -0.480 e. The topological polar surface area (TPSA) is 276 Å². The summed E-state index contributed by atoms with van der Waals surface area (Å²) in [6, 6.07) is 21.6. The molecule has 0 saturated heterocycles. The third-order valence-electron chi connectivity index (χ3n) is 13.4. The van der Waals surface area contributed by atoms with E-state index in [1.54, 1.807) is 64.8 Å². The maximum atomic E-state index is 13.4. The molecule has 0 spiro atoms. The van der Waals surface area contributed by atoms with Crippen molar-refractivity contribution in [2.75, 3.05) is 25.9 Å². The molecule has 19 nitrogen and oxygen atoms in total. The molecule has 10 rings (SSSR count). The van der Waals surface area contributed by atoms with Gasteiger partial charge in [0.25, 0.3) is 29.5 Å². The Balaban J connectivity index is 0.000000196. The molecule has 5 aromatic carbocycles. The van der Waals surface area contributed by atoms with Gasteiger partial charge in [-0.05, 0) is 114 Å². The van der Waals surface area contributed by atoms with Gasteiger partial charge in [-0.25, -0.2) is 22.4 Å². The van der Waals surface area contributed by atoms with Crippen molar-refractivity contribution in [1.82, 2.24) is 25.8 Å². The van der Waals surface area contributed by atoms with E-state index in [1.165, 1.54) is 36.4 Å². The third kappa shape index (κ3) is 12.7. The normalized spacial score (nSPS) is 13.8. The number of nitrogens with zero attached hydrogens (tertiary/aromatic N) is 2. The van der Waals surface area contributed by atoms with Crippen molar-refractivity contribution in [3.63, 3.8) is 0 Å². The Morgan fingerprint density at radius 1 is 0.630 bits per heavy atom. The van der Waals surface area contributed by atoms with Gasteiger partial charge in [-0.15, -0.1) is 0 Å². The summed E-state index contributed by atoms with van der Waals surface area (Å²) in [7, 11) is -3.62. The van der Waals surface area contributed by atoms with Crippen LogP contribution in [0.2, 0.25) is 20.1 Å². The molecule has 0 unspecified atom stereocenters. The summed E-state index contributed by atoms with van der Waals surface area (Å²) in [5, 5.41) is 27.9. The fourth-order valence-corrected chi connectivity index (χ4v) is 11.4. The quantitative estimate of drug-likeness (QED) is 0.0680. The van der Waals surface area contributed by atoms with Crippen LogP contribution in [0.25, 0.3) is 21.9 Å². The molecule has 81 heavy (non-hydrogen) atoms. The number of rotatable bonds is 14. The van der Waals surface area contributed by atoms with Crippen LogP contribution in [-0.4, -0.2) is 108 Å². The predicted molar refractivity (Wildman–Crippen MR) is 294 cm³/mol. The van der Waals surface area contributed by atoms with Crippen LogP contribution in [0.5, 0.6) is 0 Å². The Morgan fingerprint density at radius 3 is 1.60 bits per heavy atom. The summed E-state index contributed by atoms with van der Waals surface area (Å²) in [6.07, 6.45) is 4.45. The number of amides is 5. The van der Waals surface area contributed by atoms with Crippen LogP contribution in [-0.2, 0) is 51.8 Å². The second kappa shape index (κ2) is 23.9. The van der Waals surface area contributed by atoms with Gasteiger partial charge in [-0.2, -0.15) is 0 Å². The molecule has 0 fully saturated rings. The molecular formula is C56H44Cl4FN5O14S. The first-order chi connectivity index (χ1) is 38.5. The molecule has 2 aliphatic heterocycles. The minimum absolute atomic E-state index is 0.00437. The Hall–Kier alpha value is -8.21. The van der Waals surface area contributed by atoms with E-state index in [4.69, 9.17) is 59.7 Å². The fraction of sp³-hybridized carbons (Fsp3) is 0.196. The van der Waals surface area contributed by atoms with E-state index in [0.717, 1.165) is 23.1 Å². The number of halogens is 5. The summed E-state index contributed by atoms with van der Waals surface area (Å²) in [4.78, 5) is 91.9. The first-order valence-electron chi connectivity index (χ1n) is 24.5. The van der Waals surface area contributed by atoms with E-state index in [-0.39, 0.29) is 79.0 Å². The number of carbonyl (C=O) groups is 7. The molecule has 0 saturated carbocycles. The van der Waals surface area contributed by atoms with E-state index in [9.17, 15) is 56.6 Å². The highest BCUT2D eigenvalue weighted by molar-refractivity contribution is 7.90. The highest BCUT2D eigenvalue weighted by atomic mass is 35.5. The average molecular weight is 1200 g/mol. The van der Waals surface area contributed by atoms with Gasteiger partial charge in [0.15, 0.2) is 0 Å². The number of benzene rings is 5.